The molecule has 0 fully saturated rings. The van der Waals surface area contributed by atoms with Crippen LogP contribution in [0.4, 0.5) is 0 Å². The van der Waals surface area contributed by atoms with Gasteiger partial charge < -0.3 is 4.74 Å². The van der Waals surface area contributed by atoms with E-state index in [0.29, 0.717) is 0 Å². The largest absolute Gasteiger partial charge is 0.480 e. The van der Waals surface area contributed by atoms with Crippen LogP contribution >= 0.6 is 0 Å². The summed E-state index contributed by atoms with van der Waals surface area (Å²) in [5, 5.41) is 0. The van der Waals surface area contributed by atoms with Crippen molar-refractivity contribution in [2.24, 2.45) is 0 Å². The average molecular weight is 258 g/mol. The molecule has 0 N–H and O–H groups in total. The van der Waals surface area contributed by atoms with Crippen molar-refractivity contribution >= 4 is 0 Å². The van der Waals surface area contributed by atoms with E-state index in [1.807, 2.05) is 18.2 Å². The fourth-order valence-corrected chi connectivity index (χ4v) is 2.83. The molecule has 1 nitrogen and oxygen atoms in total. The summed E-state index contributed by atoms with van der Waals surface area (Å²) in [7, 11) is 0. The number of rotatable bonds is 1. The van der Waals surface area contributed by atoms with Crippen LogP contribution in [0.15, 0.2) is 78.9 Å². The van der Waals surface area contributed by atoms with E-state index in [4.69, 9.17) is 4.74 Å². The van der Waals surface area contributed by atoms with Gasteiger partial charge in [-0.05, 0) is 17.2 Å². The lowest BCUT2D eigenvalue weighted by Gasteiger charge is -2.29. The van der Waals surface area contributed by atoms with Gasteiger partial charge in [0.2, 0.25) is 0 Å². The smallest absolute Gasteiger partial charge is 0.149 e. The molecule has 1 unspecified atom stereocenters. The molecule has 0 aromatic heterocycles. The predicted molar refractivity (Wildman–Crippen MR) is 80.8 cm³/mol. The summed E-state index contributed by atoms with van der Waals surface area (Å²) in [5.74, 6) is 0.958. The summed E-state index contributed by atoms with van der Waals surface area (Å²) in [4.78, 5) is 0. The van der Waals surface area contributed by atoms with Crippen LogP contribution in [0.1, 0.15) is 17.2 Å². The second kappa shape index (κ2) is 4.53. The Morgan fingerprint density at radius 3 is 2.10 bits per heavy atom. The molecule has 1 atom stereocenters. The second-order valence-corrected chi connectivity index (χ2v) is 4.99. The minimum Gasteiger partial charge on any atom is -0.480 e. The van der Waals surface area contributed by atoms with Gasteiger partial charge in [0.1, 0.15) is 11.9 Å². The van der Waals surface area contributed by atoms with Crippen molar-refractivity contribution in [2.45, 2.75) is 6.10 Å². The molecule has 96 valence electrons. The van der Waals surface area contributed by atoms with Gasteiger partial charge in [-0.2, -0.15) is 0 Å². The highest BCUT2D eigenvalue weighted by molar-refractivity contribution is 5.76. The van der Waals surface area contributed by atoms with E-state index in [1.165, 1.54) is 22.3 Å². The molecule has 0 saturated carbocycles. The molecule has 0 amide bonds. The Hall–Kier alpha value is -2.54. The first-order valence-corrected chi connectivity index (χ1v) is 6.83. The van der Waals surface area contributed by atoms with Crippen LogP contribution in [0, 0.1) is 0 Å². The SMILES string of the molecule is c1ccc(C2Oc3ccccc3-c3ccccc32)cc1. The maximum absolute atomic E-state index is 6.24. The molecule has 1 aliphatic heterocycles. The summed E-state index contributed by atoms with van der Waals surface area (Å²) >= 11 is 0. The zero-order valence-corrected chi connectivity index (χ0v) is 11.0. The van der Waals surface area contributed by atoms with Gasteiger partial charge in [0.15, 0.2) is 0 Å². The molecule has 1 aliphatic rings. The third-order valence-electron chi connectivity index (χ3n) is 3.77. The zero-order valence-electron chi connectivity index (χ0n) is 11.0. The van der Waals surface area contributed by atoms with Gasteiger partial charge in [0.25, 0.3) is 0 Å². The molecular formula is C19H14O. The van der Waals surface area contributed by atoms with Crippen LogP contribution in [0.5, 0.6) is 5.75 Å². The van der Waals surface area contributed by atoms with E-state index in [0.717, 1.165) is 5.75 Å². The van der Waals surface area contributed by atoms with Crippen LogP contribution < -0.4 is 4.74 Å². The molecule has 1 heterocycles. The van der Waals surface area contributed by atoms with Crippen molar-refractivity contribution in [1.82, 2.24) is 0 Å². The lowest BCUT2D eigenvalue weighted by Crippen LogP contribution is -2.15. The Morgan fingerprint density at radius 1 is 0.600 bits per heavy atom. The molecule has 0 saturated heterocycles. The molecule has 4 rings (SSSR count). The van der Waals surface area contributed by atoms with Gasteiger partial charge in [-0.15, -0.1) is 0 Å². The molecule has 3 aromatic rings. The first-order chi connectivity index (χ1) is 9.93. The quantitative estimate of drug-likeness (QED) is 0.607. The van der Waals surface area contributed by atoms with E-state index < -0.39 is 0 Å². The molecule has 0 bridgehead atoms. The molecule has 0 aliphatic carbocycles. The van der Waals surface area contributed by atoms with Crippen LogP contribution in [0.3, 0.4) is 0 Å². The van der Waals surface area contributed by atoms with Crippen molar-refractivity contribution in [3.05, 3.63) is 90.0 Å². The number of benzene rings is 3. The topological polar surface area (TPSA) is 9.23 Å². The summed E-state index contributed by atoms with van der Waals surface area (Å²) in [5.41, 5.74) is 4.87. The Labute approximate surface area is 118 Å². The standard InChI is InChI=1S/C19H14O/c1-2-8-14(9-3-1)19-17-12-5-4-10-15(17)16-11-6-7-13-18(16)20-19/h1-13,19H. The maximum Gasteiger partial charge on any atom is 0.149 e. The van der Waals surface area contributed by atoms with Gasteiger partial charge in [0, 0.05) is 11.1 Å². The Morgan fingerprint density at radius 2 is 1.25 bits per heavy atom. The molecule has 0 spiro atoms. The Kier molecular flexibility index (Phi) is 2.56. The number of hydrogen-bond donors (Lipinski definition) is 0. The van der Waals surface area contributed by atoms with E-state index in [2.05, 4.69) is 60.7 Å². The lowest BCUT2D eigenvalue weighted by atomic mass is 9.90. The highest BCUT2D eigenvalue weighted by Crippen LogP contribution is 2.44. The molecule has 3 aromatic carbocycles. The third-order valence-corrected chi connectivity index (χ3v) is 3.77. The van der Waals surface area contributed by atoms with Crippen LogP contribution in [0.25, 0.3) is 11.1 Å². The molecule has 0 radical (unpaired) electrons. The molecule has 1 heteroatoms. The molecular weight excluding hydrogens is 244 g/mol. The molecule has 20 heavy (non-hydrogen) atoms. The van der Waals surface area contributed by atoms with Crippen molar-refractivity contribution < 1.29 is 4.74 Å². The number of fused-ring (bicyclic) bond motifs is 3. The number of para-hydroxylation sites is 1. The maximum atomic E-state index is 6.24. The van der Waals surface area contributed by atoms with E-state index >= 15 is 0 Å². The highest BCUT2D eigenvalue weighted by Gasteiger charge is 2.26. The van der Waals surface area contributed by atoms with Crippen LogP contribution in [0.2, 0.25) is 0 Å². The zero-order chi connectivity index (χ0) is 13.4. The Bertz CT molecular complexity index is 746. The summed E-state index contributed by atoms with van der Waals surface area (Å²) in [6.45, 7) is 0. The van der Waals surface area contributed by atoms with Crippen molar-refractivity contribution in [3.8, 4) is 16.9 Å². The van der Waals surface area contributed by atoms with Crippen LogP contribution in [-0.4, -0.2) is 0 Å². The average Bonchev–Trinajstić information content (AvgIpc) is 2.55. The van der Waals surface area contributed by atoms with Crippen LogP contribution in [-0.2, 0) is 0 Å². The van der Waals surface area contributed by atoms with Gasteiger partial charge in [-0.3, -0.25) is 0 Å². The first-order valence-electron chi connectivity index (χ1n) is 6.83. The highest BCUT2D eigenvalue weighted by atomic mass is 16.5. The second-order valence-electron chi connectivity index (χ2n) is 4.99. The summed E-state index contributed by atoms with van der Waals surface area (Å²) in [6.07, 6.45) is -0.0256. The first kappa shape index (κ1) is 11.3. The number of ether oxygens (including phenoxy) is 1. The lowest BCUT2D eigenvalue weighted by molar-refractivity contribution is 0.243. The third kappa shape index (κ3) is 1.71. The van der Waals surface area contributed by atoms with Crippen molar-refractivity contribution in [1.29, 1.82) is 0 Å². The van der Waals surface area contributed by atoms with Gasteiger partial charge in [0.05, 0.1) is 0 Å². The summed E-state index contributed by atoms with van der Waals surface area (Å²) < 4.78 is 6.24. The van der Waals surface area contributed by atoms with Crippen molar-refractivity contribution in [3.63, 3.8) is 0 Å². The Balaban J connectivity index is 1.93. The van der Waals surface area contributed by atoms with E-state index in [9.17, 15) is 0 Å². The van der Waals surface area contributed by atoms with Gasteiger partial charge in [-0.25, -0.2) is 0 Å². The van der Waals surface area contributed by atoms with E-state index in [1.54, 1.807) is 0 Å². The minimum atomic E-state index is -0.0256. The fourth-order valence-electron chi connectivity index (χ4n) is 2.83. The minimum absolute atomic E-state index is 0.0256. The van der Waals surface area contributed by atoms with Gasteiger partial charge >= 0.3 is 0 Å². The summed E-state index contributed by atoms with van der Waals surface area (Å²) in [6, 6.07) is 27.1. The van der Waals surface area contributed by atoms with Crippen molar-refractivity contribution in [2.75, 3.05) is 0 Å². The monoisotopic (exact) mass is 258 g/mol. The predicted octanol–water partition coefficient (Wildman–Crippen LogP) is 4.84. The number of hydrogen-bond acceptors (Lipinski definition) is 1. The van der Waals surface area contributed by atoms with Gasteiger partial charge in [-0.1, -0.05) is 72.8 Å². The fraction of sp³-hybridized carbons (Fsp3) is 0.0526. The van der Waals surface area contributed by atoms with E-state index in [-0.39, 0.29) is 6.10 Å². The normalized spacial score (nSPS) is 15.9.